The first-order valence-corrected chi connectivity index (χ1v) is 7.20. The van der Waals surface area contributed by atoms with Crippen molar-refractivity contribution in [1.29, 1.82) is 0 Å². The highest BCUT2D eigenvalue weighted by molar-refractivity contribution is 6.30. The van der Waals surface area contributed by atoms with Crippen LogP contribution in [0, 0.1) is 11.6 Å². The van der Waals surface area contributed by atoms with Crippen LogP contribution in [0.3, 0.4) is 0 Å². The summed E-state index contributed by atoms with van der Waals surface area (Å²) in [5.41, 5.74) is 0.433. The van der Waals surface area contributed by atoms with Gasteiger partial charge in [0.25, 0.3) is 0 Å². The molecule has 0 aliphatic carbocycles. The standard InChI is InChI=1S/C16H10ClF2N3O2/c17-11-3-1-9(2-4-11)15-14(16(23)24)20-21-22(15)8-10-7-12(18)5-6-13(10)19/h1-7H,8H2,(H,23,24). The fraction of sp³-hybridized carbons (Fsp3) is 0.0625. The molecule has 0 aliphatic heterocycles. The average molecular weight is 350 g/mol. The molecular weight excluding hydrogens is 340 g/mol. The summed E-state index contributed by atoms with van der Waals surface area (Å²) in [5, 5.41) is 17.2. The Balaban J connectivity index is 2.10. The third-order valence-electron chi connectivity index (χ3n) is 3.38. The Bertz CT molecular complexity index is 910. The van der Waals surface area contributed by atoms with Gasteiger partial charge < -0.3 is 5.11 Å². The van der Waals surface area contributed by atoms with Crippen molar-refractivity contribution in [2.75, 3.05) is 0 Å². The van der Waals surface area contributed by atoms with Crippen molar-refractivity contribution < 1.29 is 18.7 Å². The average Bonchev–Trinajstić information content (AvgIpc) is 2.95. The van der Waals surface area contributed by atoms with E-state index in [0.29, 0.717) is 10.6 Å². The summed E-state index contributed by atoms with van der Waals surface area (Å²) < 4.78 is 28.4. The van der Waals surface area contributed by atoms with E-state index in [1.54, 1.807) is 24.3 Å². The normalized spacial score (nSPS) is 10.8. The van der Waals surface area contributed by atoms with Crippen LogP contribution in [0.4, 0.5) is 8.78 Å². The van der Waals surface area contributed by atoms with Crippen LogP contribution in [0.1, 0.15) is 16.1 Å². The van der Waals surface area contributed by atoms with Crippen LogP contribution in [0.2, 0.25) is 5.02 Å². The predicted octanol–water partition coefficient (Wildman–Crippen LogP) is 3.62. The molecule has 0 radical (unpaired) electrons. The van der Waals surface area contributed by atoms with Gasteiger partial charge in [-0.05, 0) is 30.3 Å². The number of hydrogen-bond donors (Lipinski definition) is 1. The van der Waals surface area contributed by atoms with Gasteiger partial charge in [-0.1, -0.05) is 28.9 Å². The molecule has 8 heteroatoms. The second-order valence-electron chi connectivity index (χ2n) is 4.99. The molecule has 1 heterocycles. The van der Waals surface area contributed by atoms with Gasteiger partial charge in [-0.3, -0.25) is 0 Å². The van der Waals surface area contributed by atoms with E-state index >= 15 is 0 Å². The number of rotatable bonds is 4. The molecule has 1 N–H and O–H groups in total. The molecule has 1 aromatic heterocycles. The zero-order chi connectivity index (χ0) is 17.3. The fourth-order valence-corrected chi connectivity index (χ4v) is 2.41. The first-order chi connectivity index (χ1) is 11.5. The van der Waals surface area contributed by atoms with E-state index in [4.69, 9.17) is 11.6 Å². The van der Waals surface area contributed by atoms with Crippen LogP contribution in [0.25, 0.3) is 11.3 Å². The highest BCUT2D eigenvalue weighted by Crippen LogP contribution is 2.25. The Hall–Kier alpha value is -2.80. The van der Waals surface area contributed by atoms with Crippen molar-refractivity contribution in [3.8, 4) is 11.3 Å². The van der Waals surface area contributed by atoms with Crippen molar-refractivity contribution in [1.82, 2.24) is 15.0 Å². The van der Waals surface area contributed by atoms with Crippen LogP contribution in [0.15, 0.2) is 42.5 Å². The minimum Gasteiger partial charge on any atom is -0.476 e. The lowest BCUT2D eigenvalue weighted by atomic mass is 10.1. The largest absolute Gasteiger partial charge is 0.476 e. The summed E-state index contributed by atoms with van der Waals surface area (Å²) >= 11 is 5.84. The predicted molar refractivity (Wildman–Crippen MR) is 82.9 cm³/mol. The summed E-state index contributed by atoms with van der Waals surface area (Å²) in [6.07, 6.45) is 0. The minimum absolute atomic E-state index is 0.0343. The van der Waals surface area contributed by atoms with Crippen LogP contribution in [0.5, 0.6) is 0 Å². The lowest BCUT2D eigenvalue weighted by Crippen LogP contribution is -2.07. The molecule has 5 nitrogen and oxygen atoms in total. The summed E-state index contributed by atoms with van der Waals surface area (Å²) in [6, 6.07) is 9.41. The lowest BCUT2D eigenvalue weighted by molar-refractivity contribution is 0.0691. The Morgan fingerprint density at radius 1 is 1.17 bits per heavy atom. The van der Waals surface area contributed by atoms with Gasteiger partial charge in [0.1, 0.15) is 17.3 Å². The molecule has 0 amide bonds. The second kappa shape index (κ2) is 6.37. The second-order valence-corrected chi connectivity index (χ2v) is 5.43. The Morgan fingerprint density at radius 2 is 1.88 bits per heavy atom. The molecule has 0 aliphatic rings. The fourth-order valence-electron chi connectivity index (χ4n) is 2.29. The highest BCUT2D eigenvalue weighted by Gasteiger charge is 2.21. The number of nitrogens with zero attached hydrogens (tertiary/aromatic N) is 3. The summed E-state index contributed by atoms with van der Waals surface area (Å²) in [7, 11) is 0. The Kier molecular flexibility index (Phi) is 4.26. The van der Waals surface area contributed by atoms with Gasteiger partial charge in [0.2, 0.25) is 0 Å². The van der Waals surface area contributed by atoms with Crippen molar-refractivity contribution in [2.24, 2.45) is 0 Å². The number of benzene rings is 2. The van der Waals surface area contributed by atoms with E-state index in [1.165, 1.54) is 4.68 Å². The number of aromatic carboxylic acids is 1. The number of halogens is 3. The van der Waals surface area contributed by atoms with Gasteiger partial charge >= 0.3 is 5.97 Å². The number of carboxylic acid groups (broad SMARTS) is 1. The molecule has 122 valence electrons. The molecule has 0 unspecified atom stereocenters. The third-order valence-corrected chi connectivity index (χ3v) is 3.64. The Labute approximate surface area is 140 Å². The molecule has 24 heavy (non-hydrogen) atoms. The third kappa shape index (κ3) is 3.11. The quantitative estimate of drug-likeness (QED) is 0.781. The zero-order valence-corrected chi connectivity index (χ0v) is 12.8. The lowest BCUT2D eigenvalue weighted by Gasteiger charge is -2.08. The Morgan fingerprint density at radius 3 is 2.54 bits per heavy atom. The maximum absolute atomic E-state index is 13.8. The molecule has 0 bridgehead atoms. The van der Waals surface area contributed by atoms with E-state index in [-0.39, 0.29) is 23.5 Å². The molecule has 3 aromatic rings. The maximum Gasteiger partial charge on any atom is 0.358 e. The monoisotopic (exact) mass is 349 g/mol. The van der Waals surface area contributed by atoms with Crippen molar-refractivity contribution >= 4 is 17.6 Å². The number of carbonyl (C=O) groups is 1. The first kappa shape index (κ1) is 16.1. The summed E-state index contributed by atoms with van der Waals surface area (Å²) in [4.78, 5) is 11.4. The summed E-state index contributed by atoms with van der Waals surface area (Å²) in [5.74, 6) is -2.49. The number of carboxylic acids is 1. The molecule has 3 rings (SSSR count). The minimum atomic E-state index is -1.27. The van der Waals surface area contributed by atoms with Crippen molar-refractivity contribution in [3.05, 3.63) is 70.4 Å². The van der Waals surface area contributed by atoms with Crippen molar-refractivity contribution in [2.45, 2.75) is 6.54 Å². The number of aromatic nitrogens is 3. The van der Waals surface area contributed by atoms with Gasteiger partial charge in [0.05, 0.1) is 6.54 Å². The molecule has 0 atom stereocenters. The zero-order valence-electron chi connectivity index (χ0n) is 12.1. The first-order valence-electron chi connectivity index (χ1n) is 6.82. The molecule has 0 spiro atoms. The molecule has 0 fully saturated rings. The van der Waals surface area contributed by atoms with E-state index < -0.39 is 17.6 Å². The van der Waals surface area contributed by atoms with Crippen LogP contribution in [-0.4, -0.2) is 26.1 Å². The van der Waals surface area contributed by atoms with E-state index in [2.05, 4.69) is 10.3 Å². The summed E-state index contributed by atoms with van der Waals surface area (Å²) in [6.45, 7) is -0.165. The van der Waals surface area contributed by atoms with E-state index in [0.717, 1.165) is 18.2 Å². The topological polar surface area (TPSA) is 68.0 Å². The van der Waals surface area contributed by atoms with Gasteiger partial charge in [-0.2, -0.15) is 0 Å². The number of hydrogen-bond acceptors (Lipinski definition) is 3. The molecule has 0 saturated heterocycles. The smallest absolute Gasteiger partial charge is 0.358 e. The van der Waals surface area contributed by atoms with E-state index in [1.807, 2.05) is 0 Å². The van der Waals surface area contributed by atoms with Gasteiger partial charge in [0, 0.05) is 16.1 Å². The molecule has 2 aromatic carbocycles. The maximum atomic E-state index is 13.8. The van der Waals surface area contributed by atoms with Gasteiger partial charge in [-0.15, -0.1) is 5.10 Å². The van der Waals surface area contributed by atoms with Gasteiger partial charge in [-0.25, -0.2) is 18.3 Å². The molecular formula is C16H10ClF2N3O2. The van der Waals surface area contributed by atoms with Crippen LogP contribution < -0.4 is 0 Å². The van der Waals surface area contributed by atoms with Crippen LogP contribution in [-0.2, 0) is 6.54 Å². The van der Waals surface area contributed by atoms with Crippen LogP contribution >= 0.6 is 11.6 Å². The molecule has 0 saturated carbocycles. The van der Waals surface area contributed by atoms with Gasteiger partial charge in [0.15, 0.2) is 5.69 Å². The van der Waals surface area contributed by atoms with E-state index in [9.17, 15) is 18.7 Å². The highest BCUT2D eigenvalue weighted by atomic mass is 35.5. The SMILES string of the molecule is O=C(O)c1nnn(Cc2cc(F)ccc2F)c1-c1ccc(Cl)cc1. The van der Waals surface area contributed by atoms with Crippen molar-refractivity contribution in [3.63, 3.8) is 0 Å².